The van der Waals surface area contributed by atoms with Gasteiger partial charge in [-0.1, -0.05) is 0 Å². The van der Waals surface area contributed by atoms with Crippen molar-refractivity contribution >= 4 is 17.3 Å². The Labute approximate surface area is 98.0 Å². The van der Waals surface area contributed by atoms with E-state index in [9.17, 15) is 4.79 Å². The van der Waals surface area contributed by atoms with E-state index >= 15 is 0 Å². The summed E-state index contributed by atoms with van der Waals surface area (Å²) >= 11 is 1.14. The summed E-state index contributed by atoms with van der Waals surface area (Å²) < 4.78 is 10.4. The van der Waals surface area contributed by atoms with E-state index in [0.717, 1.165) is 11.3 Å². The van der Waals surface area contributed by atoms with Gasteiger partial charge in [0.05, 0.1) is 18.9 Å². The van der Waals surface area contributed by atoms with E-state index in [2.05, 4.69) is 4.98 Å². The lowest BCUT2D eigenvalue weighted by Crippen LogP contribution is -2.01. The SMILES string of the molecule is CCOCc1nc(COCC)c(C(=O)O)s1. The molecule has 1 aromatic rings. The van der Waals surface area contributed by atoms with Crippen molar-refractivity contribution in [3.63, 3.8) is 0 Å². The minimum absolute atomic E-state index is 0.237. The summed E-state index contributed by atoms with van der Waals surface area (Å²) in [5.74, 6) is -0.963. The zero-order chi connectivity index (χ0) is 12.0. The molecule has 16 heavy (non-hydrogen) atoms. The van der Waals surface area contributed by atoms with E-state index in [0.29, 0.717) is 30.5 Å². The molecule has 0 bridgehead atoms. The lowest BCUT2D eigenvalue weighted by atomic mass is 10.4. The molecule has 0 fully saturated rings. The van der Waals surface area contributed by atoms with Gasteiger partial charge in [0.2, 0.25) is 0 Å². The molecule has 0 radical (unpaired) electrons. The maximum atomic E-state index is 10.9. The third kappa shape index (κ3) is 3.55. The van der Waals surface area contributed by atoms with E-state index in [1.165, 1.54) is 0 Å². The molecule has 1 heterocycles. The first-order chi connectivity index (χ1) is 7.69. The summed E-state index contributed by atoms with van der Waals surface area (Å²) in [7, 11) is 0. The number of nitrogens with zero attached hydrogens (tertiary/aromatic N) is 1. The number of thiazole rings is 1. The quantitative estimate of drug-likeness (QED) is 0.794. The number of carbonyl (C=O) groups is 1. The topological polar surface area (TPSA) is 68.7 Å². The van der Waals surface area contributed by atoms with Gasteiger partial charge in [0.15, 0.2) is 0 Å². The van der Waals surface area contributed by atoms with Crippen molar-refractivity contribution in [3.05, 3.63) is 15.6 Å². The number of carboxylic acids is 1. The lowest BCUT2D eigenvalue weighted by molar-refractivity contribution is 0.0693. The summed E-state index contributed by atoms with van der Waals surface area (Å²) in [5, 5.41) is 9.65. The standard InChI is InChI=1S/C10H15NO4S/c1-3-14-5-7-9(10(12)13)16-8(11-7)6-15-4-2/h3-6H2,1-2H3,(H,12,13). The minimum atomic E-state index is -0.963. The van der Waals surface area contributed by atoms with Crippen LogP contribution in [0.15, 0.2) is 0 Å². The fourth-order valence-electron chi connectivity index (χ4n) is 1.12. The first-order valence-corrected chi connectivity index (χ1v) is 5.88. The van der Waals surface area contributed by atoms with Gasteiger partial charge in [-0.05, 0) is 13.8 Å². The van der Waals surface area contributed by atoms with Crippen molar-refractivity contribution < 1.29 is 19.4 Å². The summed E-state index contributed by atoms with van der Waals surface area (Å²) in [4.78, 5) is 15.4. The predicted molar refractivity (Wildman–Crippen MR) is 59.7 cm³/mol. The van der Waals surface area contributed by atoms with Crippen molar-refractivity contribution in [1.82, 2.24) is 4.98 Å². The van der Waals surface area contributed by atoms with E-state index in [1.807, 2.05) is 13.8 Å². The normalized spacial score (nSPS) is 10.6. The number of hydrogen-bond donors (Lipinski definition) is 1. The molecule has 0 aliphatic rings. The van der Waals surface area contributed by atoms with Gasteiger partial charge in [0, 0.05) is 13.2 Å². The van der Waals surface area contributed by atoms with Crippen molar-refractivity contribution in [2.75, 3.05) is 13.2 Å². The Hall–Kier alpha value is -0.980. The Bertz CT molecular complexity index is 351. The van der Waals surface area contributed by atoms with E-state index < -0.39 is 5.97 Å². The lowest BCUT2D eigenvalue weighted by Gasteiger charge is -1.98. The molecule has 0 amide bonds. The van der Waals surface area contributed by atoms with Crippen molar-refractivity contribution in [2.45, 2.75) is 27.1 Å². The Balaban J connectivity index is 2.78. The maximum Gasteiger partial charge on any atom is 0.347 e. The van der Waals surface area contributed by atoms with Crippen LogP contribution in [0.4, 0.5) is 0 Å². The van der Waals surface area contributed by atoms with Crippen molar-refractivity contribution in [3.8, 4) is 0 Å². The molecule has 5 nitrogen and oxygen atoms in total. The van der Waals surface area contributed by atoms with Crippen LogP contribution in [0.3, 0.4) is 0 Å². The second kappa shape index (κ2) is 6.57. The van der Waals surface area contributed by atoms with Gasteiger partial charge in [-0.25, -0.2) is 9.78 Å². The number of aromatic carboxylic acids is 1. The van der Waals surface area contributed by atoms with E-state index in [-0.39, 0.29) is 11.5 Å². The Morgan fingerprint density at radius 3 is 2.50 bits per heavy atom. The third-order valence-corrected chi connectivity index (χ3v) is 2.87. The Morgan fingerprint density at radius 2 is 1.94 bits per heavy atom. The Morgan fingerprint density at radius 1 is 1.31 bits per heavy atom. The maximum absolute atomic E-state index is 10.9. The highest BCUT2D eigenvalue weighted by atomic mass is 32.1. The Kier molecular flexibility index (Phi) is 5.37. The van der Waals surface area contributed by atoms with Gasteiger partial charge >= 0.3 is 5.97 Å². The summed E-state index contributed by atoms with van der Waals surface area (Å²) in [6.45, 7) is 5.45. The van der Waals surface area contributed by atoms with Crippen LogP contribution < -0.4 is 0 Å². The summed E-state index contributed by atoms with van der Waals surface area (Å²) in [5.41, 5.74) is 0.481. The van der Waals surface area contributed by atoms with Gasteiger partial charge < -0.3 is 14.6 Å². The number of hydrogen-bond acceptors (Lipinski definition) is 5. The van der Waals surface area contributed by atoms with Crippen LogP contribution in [-0.4, -0.2) is 29.3 Å². The van der Waals surface area contributed by atoms with Gasteiger partial charge in [-0.15, -0.1) is 11.3 Å². The van der Waals surface area contributed by atoms with Crippen LogP contribution in [0.25, 0.3) is 0 Å². The number of rotatable bonds is 7. The van der Waals surface area contributed by atoms with Crippen LogP contribution in [0.1, 0.15) is 34.2 Å². The largest absolute Gasteiger partial charge is 0.477 e. The van der Waals surface area contributed by atoms with Gasteiger partial charge in [-0.2, -0.15) is 0 Å². The van der Waals surface area contributed by atoms with Crippen LogP contribution in [0.2, 0.25) is 0 Å². The third-order valence-electron chi connectivity index (χ3n) is 1.81. The molecular weight excluding hydrogens is 230 g/mol. The molecule has 0 atom stereocenters. The molecule has 0 spiro atoms. The van der Waals surface area contributed by atoms with Gasteiger partial charge in [0.25, 0.3) is 0 Å². The van der Waals surface area contributed by atoms with Crippen LogP contribution >= 0.6 is 11.3 Å². The molecular formula is C10H15NO4S. The van der Waals surface area contributed by atoms with E-state index in [1.54, 1.807) is 0 Å². The molecule has 0 aliphatic heterocycles. The molecule has 1 aromatic heterocycles. The second-order valence-corrected chi connectivity index (χ2v) is 4.05. The fourth-order valence-corrected chi connectivity index (χ4v) is 1.96. The predicted octanol–water partition coefficient (Wildman–Crippen LogP) is 1.91. The number of aromatic nitrogens is 1. The molecule has 0 aromatic carbocycles. The van der Waals surface area contributed by atoms with Crippen LogP contribution in [0.5, 0.6) is 0 Å². The zero-order valence-electron chi connectivity index (χ0n) is 9.36. The van der Waals surface area contributed by atoms with E-state index in [4.69, 9.17) is 14.6 Å². The van der Waals surface area contributed by atoms with Crippen LogP contribution in [-0.2, 0) is 22.7 Å². The molecule has 90 valence electrons. The fraction of sp³-hybridized carbons (Fsp3) is 0.600. The highest BCUT2D eigenvalue weighted by Crippen LogP contribution is 2.20. The van der Waals surface area contributed by atoms with Gasteiger partial charge in [0.1, 0.15) is 9.88 Å². The highest BCUT2D eigenvalue weighted by molar-refractivity contribution is 7.13. The first-order valence-electron chi connectivity index (χ1n) is 5.06. The average molecular weight is 245 g/mol. The summed E-state index contributed by atoms with van der Waals surface area (Å²) in [6, 6.07) is 0. The van der Waals surface area contributed by atoms with Gasteiger partial charge in [-0.3, -0.25) is 0 Å². The molecule has 0 unspecified atom stereocenters. The molecule has 0 saturated carbocycles. The molecule has 1 rings (SSSR count). The van der Waals surface area contributed by atoms with Crippen LogP contribution in [0, 0.1) is 0 Å². The highest BCUT2D eigenvalue weighted by Gasteiger charge is 2.17. The molecule has 0 saturated heterocycles. The molecule has 6 heteroatoms. The number of carboxylic acid groups (broad SMARTS) is 1. The van der Waals surface area contributed by atoms with Crippen molar-refractivity contribution in [1.29, 1.82) is 0 Å². The monoisotopic (exact) mass is 245 g/mol. The second-order valence-electron chi connectivity index (χ2n) is 2.96. The first kappa shape index (κ1) is 13.1. The average Bonchev–Trinajstić information content (AvgIpc) is 2.67. The minimum Gasteiger partial charge on any atom is -0.477 e. The molecule has 1 N–H and O–H groups in total. The van der Waals surface area contributed by atoms with Crippen molar-refractivity contribution in [2.24, 2.45) is 0 Å². The molecule has 0 aliphatic carbocycles. The summed E-state index contributed by atoms with van der Waals surface area (Å²) in [6.07, 6.45) is 0. The number of ether oxygens (including phenoxy) is 2. The smallest absolute Gasteiger partial charge is 0.347 e. The zero-order valence-corrected chi connectivity index (χ0v) is 10.2.